The molecule has 4 aromatic rings. The highest BCUT2D eigenvalue weighted by Gasteiger charge is 2.15. The van der Waals surface area contributed by atoms with Crippen molar-refractivity contribution in [2.75, 3.05) is 17.9 Å². The number of benzene rings is 2. The van der Waals surface area contributed by atoms with Gasteiger partial charge >= 0.3 is 0 Å². The van der Waals surface area contributed by atoms with Gasteiger partial charge in [-0.2, -0.15) is 9.61 Å². The lowest BCUT2D eigenvalue weighted by molar-refractivity contribution is -0.113. The second kappa shape index (κ2) is 7.64. The van der Waals surface area contributed by atoms with Crippen LogP contribution in [0.15, 0.2) is 59.6 Å². The molecule has 1 amide bonds. The van der Waals surface area contributed by atoms with Crippen LogP contribution in [-0.4, -0.2) is 38.3 Å². The third kappa shape index (κ3) is 3.64. The highest BCUT2D eigenvalue weighted by Crippen LogP contribution is 2.34. The average Bonchev–Trinajstić information content (AvgIpc) is 3.39. The Morgan fingerprint density at radius 2 is 1.90 bits per heavy atom. The molecule has 3 heterocycles. The van der Waals surface area contributed by atoms with Crippen molar-refractivity contribution in [3.63, 3.8) is 0 Å². The van der Waals surface area contributed by atoms with E-state index in [2.05, 4.69) is 20.6 Å². The van der Waals surface area contributed by atoms with Gasteiger partial charge in [0.1, 0.15) is 10.8 Å². The molecule has 0 aliphatic carbocycles. The third-order valence-corrected chi connectivity index (χ3v) is 5.27. The molecule has 1 aliphatic heterocycles. The van der Waals surface area contributed by atoms with Crippen LogP contribution in [0, 0.1) is 5.82 Å². The lowest BCUT2D eigenvalue weighted by atomic mass is 10.2. The van der Waals surface area contributed by atoms with E-state index in [0.717, 1.165) is 0 Å². The van der Waals surface area contributed by atoms with Gasteiger partial charge in [-0.3, -0.25) is 4.79 Å². The van der Waals surface area contributed by atoms with E-state index < -0.39 is 0 Å². The quantitative estimate of drug-likeness (QED) is 0.492. The van der Waals surface area contributed by atoms with Crippen LogP contribution in [0.1, 0.15) is 0 Å². The predicted molar refractivity (Wildman–Crippen MR) is 108 cm³/mol. The van der Waals surface area contributed by atoms with Gasteiger partial charge in [0.05, 0.1) is 5.75 Å². The van der Waals surface area contributed by atoms with Crippen LogP contribution < -0.4 is 14.8 Å². The van der Waals surface area contributed by atoms with Crippen molar-refractivity contribution in [2.45, 2.75) is 5.03 Å². The number of fused-ring (bicyclic) bond motifs is 2. The minimum atomic E-state index is -0.328. The summed E-state index contributed by atoms with van der Waals surface area (Å²) >= 11 is 1.28. The number of halogens is 1. The van der Waals surface area contributed by atoms with E-state index in [9.17, 15) is 9.18 Å². The fraction of sp³-hybridized carbons (Fsp3) is 0.100. The number of amides is 1. The Bertz CT molecular complexity index is 1250. The van der Waals surface area contributed by atoms with Gasteiger partial charge in [-0.1, -0.05) is 11.8 Å². The summed E-state index contributed by atoms with van der Waals surface area (Å²) in [4.78, 5) is 12.3. The lowest BCUT2D eigenvalue weighted by Crippen LogP contribution is -2.14. The Kier molecular flexibility index (Phi) is 4.68. The SMILES string of the molecule is O=C(CSc1ccc2nnc(-c3ccc(F)cc3)n2n1)Nc1ccc2c(c1)OCO2. The molecule has 30 heavy (non-hydrogen) atoms. The lowest BCUT2D eigenvalue weighted by Gasteiger charge is -2.06. The number of thioether (sulfide) groups is 1. The number of hydrogen-bond donors (Lipinski definition) is 1. The van der Waals surface area contributed by atoms with Crippen molar-refractivity contribution in [3.05, 3.63) is 60.4 Å². The molecule has 0 saturated heterocycles. The van der Waals surface area contributed by atoms with Crippen molar-refractivity contribution in [2.24, 2.45) is 0 Å². The van der Waals surface area contributed by atoms with Crippen LogP contribution in [0.3, 0.4) is 0 Å². The number of hydrogen-bond acceptors (Lipinski definition) is 7. The summed E-state index contributed by atoms with van der Waals surface area (Å²) in [5.74, 6) is 1.42. The van der Waals surface area contributed by atoms with Gasteiger partial charge in [-0.15, -0.1) is 10.2 Å². The van der Waals surface area contributed by atoms with Gasteiger partial charge in [0, 0.05) is 17.3 Å². The van der Waals surface area contributed by atoms with Crippen LogP contribution in [0.25, 0.3) is 17.0 Å². The number of ether oxygens (including phenoxy) is 2. The summed E-state index contributed by atoms with van der Waals surface area (Å²) < 4.78 is 25.3. The summed E-state index contributed by atoms with van der Waals surface area (Å²) in [6.45, 7) is 0.180. The zero-order valence-electron chi connectivity index (χ0n) is 15.4. The Balaban J connectivity index is 1.29. The summed E-state index contributed by atoms with van der Waals surface area (Å²) in [5.41, 5.74) is 1.88. The molecule has 0 radical (unpaired) electrons. The maximum Gasteiger partial charge on any atom is 0.234 e. The first kappa shape index (κ1) is 18.4. The number of aromatic nitrogens is 4. The molecule has 0 saturated carbocycles. The normalized spacial score (nSPS) is 12.3. The van der Waals surface area contributed by atoms with E-state index in [1.165, 1.54) is 23.9 Å². The Hall–Kier alpha value is -3.66. The Morgan fingerprint density at radius 1 is 1.07 bits per heavy atom. The molecule has 2 aromatic heterocycles. The molecule has 10 heteroatoms. The van der Waals surface area contributed by atoms with E-state index in [-0.39, 0.29) is 24.3 Å². The standard InChI is InChI=1S/C20H14FN5O3S/c21-13-3-1-12(2-4-13)20-24-23-17-7-8-19(25-26(17)20)30-10-18(27)22-14-5-6-15-16(9-14)29-11-28-15/h1-9H,10-11H2,(H,22,27). The summed E-state index contributed by atoms with van der Waals surface area (Å²) in [6, 6.07) is 14.7. The largest absolute Gasteiger partial charge is 0.454 e. The number of carbonyl (C=O) groups excluding carboxylic acids is 1. The van der Waals surface area contributed by atoms with Gasteiger partial charge in [0.15, 0.2) is 23.0 Å². The van der Waals surface area contributed by atoms with Gasteiger partial charge in [0.2, 0.25) is 12.7 Å². The highest BCUT2D eigenvalue weighted by atomic mass is 32.2. The van der Waals surface area contributed by atoms with Crippen molar-refractivity contribution in [1.29, 1.82) is 0 Å². The predicted octanol–water partition coefficient (Wildman–Crippen LogP) is 3.39. The molecule has 0 fully saturated rings. The fourth-order valence-electron chi connectivity index (χ4n) is 2.94. The van der Waals surface area contributed by atoms with Gasteiger partial charge in [0.25, 0.3) is 0 Å². The minimum absolute atomic E-state index is 0.168. The topological polar surface area (TPSA) is 90.6 Å². The van der Waals surface area contributed by atoms with E-state index in [1.807, 2.05) is 0 Å². The summed E-state index contributed by atoms with van der Waals surface area (Å²) in [6.07, 6.45) is 0. The average molecular weight is 423 g/mol. The second-order valence-electron chi connectivity index (χ2n) is 6.38. The first-order chi connectivity index (χ1) is 14.7. The van der Waals surface area contributed by atoms with Crippen molar-refractivity contribution in [1.82, 2.24) is 19.8 Å². The maximum atomic E-state index is 13.2. The van der Waals surface area contributed by atoms with Crippen LogP contribution in [0.2, 0.25) is 0 Å². The highest BCUT2D eigenvalue weighted by molar-refractivity contribution is 7.99. The summed E-state index contributed by atoms with van der Waals surface area (Å²) in [5, 5.41) is 16.2. The van der Waals surface area contributed by atoms with Crippen molar-refractivity contribution in [3.8, 4) is 22.9 Å². The van der Waals surface area contributed by atoms with E-state index in [4.69, 9.17) is 9.47 Å². The van der Waals surface area contributed by atoms with E-state index in [1.54, 1.807) is 47.0 Å². The molecular formula is C20H14FN5O3S. The van der Waals surface area contributed by atoms with Crippen LogP contribution in [0.5, 0.6) is 11.5 Å². The first-order valence-corrected chi connectivity index (χ1v) is 9.95. The number of anilines is 1. The molecule has 150 valence electrons. The van der Waals surface area contributed by atoms with Crippen LogP contribution >= 0.6 is 11.8 Å². The third-order valence-electron chi connectivity index (χ3n) is 4.35. The van der Waals surface area contributed by atoms with E-state index >= 15 is 0 Å². The Labute approximate surface area is 174 Å². The molecule has 2 aromatic carbocycles. The smallest absolute Gasteiger partial charge is 0.234 e. The molecule has 0 spiro atoms. The Morgan fingerprint density at radius 3 is 2.77 bits per heavy atom. The number of carbonyl (C=O) groups is 1. The molecule has 5 rings (SSSR count). The number of rotatable bonds is 5. The number of nitrogens with zero attached hydrogens (tertiary/aromatic N) is 4. The second-order valence-corrected chi connectivity index (χ2v) is 7.37. The monoisotopic (exact) mass is 423 g/mol. The van der Waals surface area contributed by atoms with Crippen molar-refractivity contribution < 1.29 is 18.7 Å². The first-order valence-electron chi connectivity index (χ1n) is 8.96. The van der Waals surface area contributed by atoms with Crippen LogP contribution in [-0.2, 0) is 4.79 Å². The van der Waals surface area contributed by atoms with Crippen molar-refractivity contribution >= 4 is 29.0 Å². The van der Waals surface area contributed by atoms with Gasteiger partial charge < -0.3 is 14.8 Å². The molecular weight excluding hydrogens is 409 g/mol. The molecule has 8 nitrogen and oxygen atoms in total. The molecule has 0 unspecified atom stereocenters. The zero-order chi connectivity index (χ0) is 20.5. The fourth-order valence-corrected chi connectivity index (χ4v) is 3.59. The van der Waals surface area contributed by atoms with Gasteiger partial charge in [-0.25, -0.2) is 4.39 Å². The molecule has 0 atom stereocenters. The summed E-state index contributed by atoms with van der Waals surface area (Å²) in [7, 11) is 0. The van der Waals surface area contributed by atoms with Gasteiger partial charge in [-0.05, 0) is 48.5 Å². The molecule has 1 aliphatic rings. The number of nitrogens with one attached hydrogen (secondary N) is 1. The van der Waals surface area contributed by atoms with Crippen LogP contribution in [0.4, 0.5) is 10.1 Å². The maximum absolute atomic E-state index is 13.2. The molecule has 1 N–H and O–H groups in total. The zero-order valence-corrected chi connectivity index (χ0v) is 16.2. The van der Waals surface area contributed by atoms with E-state index in [0.29, 0.717) is 39.2 Å². The molecule has 0 bridgehead atoms. The minimum Gasteiger partial charge on any atom is -0.454 e.